The summed E-state index contributed by atoms with van der Waals surface area (Å²) in [6.45, 7) is 3.85. The lowest BCUT2D eigenvalue weighted by Crippen LogP contribution is -2.52. The quantitative estimate of drug-likeness (QED) is 0.553. The lowest BCUT2D eigenvalue weighted by Gasteiger charge is -2.37. The summed E-state index contributed by atoms with van der Waals surface area (Å²) in [7, 11) is 1.80. The number of aliphatic imine (C=N–C) groups is 1. The maximum Gasteiger partial charge on any atom is 0.194 e. The summed E-state index contributed by atoms with van der Waals surface area (Å²) in [5.74, 6) is 0.717. The highest BCUT2D eigenvalue weighted by Gasteiger charge is 2.21. The van der Waals surface area contributed by atoms with Gasteiger partial charge in [0.2, 0.25) is 0 Å². The topological polar surface area (TPSA) is 46.7 Å². The van der Waals surface area contributed by atoms with Crippen LogP contribution in [-0.4, -0.2) is 49.1 Å². The molecule has 0 atom stereocenters. The van der Waals surface area contributed by atoms with Crippen molar-refractivity contribution in [3.63, 3.8) is 0 Å². The van der Waals surface area contributed by atoms with E-state index in [1.54, 1.807) is 13.1 Å². The number of benzene rings is 2. The van der Waals surface area contributed by atoms with Crippen molar-refractivity contribution >= 4 is 22.5 Å². The minimum Gasteiger partial charge on any atom is -0.366 e. The van der Waals surface area contributed by atoms with Crippen molar-refractivity contribution in [3.8, 4) is 0 Å². The zero-order chi connectivity index (χ0) is 18.6. The molecular formula is C21H24FN5. The second kappa shape index (κ2) is 7.70. The minimum absolute atomic E-state index is 0.160. The molecule has 0 saturated carbocycles. The third-order valence-corrected chi connectivity index (χ3v) is 5.01. The molecule has 1 aliphatic heterocycles. The average molecular weight is 365 g/mol. The van der Waals surface area contributed by atoms with Crippen LogP contribution in [0.15, 0.2) is 59.6 Å². The molecule has 140 valence electrons. The zero-order valence-corrected chi connectivity index (χ0v) is 15.5. The van der Waals surface area contributed by atoms with Crippen molar-refractivity contribution < 1.29 is 4.39 Å². The molecule has 2 aromatic carbocycles. The number of H-pyrrole nitrogens is 1. The second-order valence-corrected chi connectivity index (χ2v) is 6.71. The number of aromatic amines is 1. The molecule has 0 bridgehead atoms. The highest BCUT2D eigenvalue weighted by atomic mass is 19.1. The van der Waals surface area contributed by atoms with Crippen LogP contribution in [0.1, 0.15) is 5.69 Å². The maximum absolute atomic E-state index is 14.0. The zero-order valence-electron chi connectivity index (χ0n) is 15.5. The first-order chi connectivity index (χ1) is 13.2. The lowest BCUT2D eigenvalue weighted by atomic mass is 10.2. The highest BCUT2D eigenvalue weighted by molar-refractivity contribution is 5.82. The van der Waals surface area contributed by atoms with E-state index in [-0.39, 0.29) is 5.82 Å². The highest BCUT2D eigenvalue weighted by Crippen LogP contribution is 2.20. The van der Waals surface area contributed by atoms with Crippen LogP contribution in [0.25, 0.3) is 10.9 Å². The van der Waals surface area contributed by atoms with E-state index >= 15 is 0 Å². The molecule has 0 radical (unpaired) electrons. The molecule has 0 spiro atoms. The predicted octanol–water partition coefficient (Wildman–Crippen LogP) is 3.20. The fraction of sp³-hybridized carbons (Fsp3) is 0.286. The van der Waals surface area contributed by atoms with E-state index in [1.807, 2.05) is 24.3 Å². The molecule has 1 aromatic heterocycles. The molecule has 1 saturated heterocycles. The molecule has 3 aromatic rings. The van der Waals surface area contributed by atoms with Crippen LogP contribution in [-0.2, 0) is 6.54 Å². The van der Waals surface area contributed by atoms with E-state index in [0.29, 0.717) is 12.2 Å². The van der Waals surface area contributed by atoms with Crippen LogP contribution < -0.4 is 10.2 Å². The number of fused-ring (bicyclic) bond motifs is 1. The van der Waals surface area contributed by atoms with Crippen molar-refractivity contribution in [1.29, 1.82) is 0 Å². The number of nitrogens with one attached hydrogen (secondary N) is 2. The monoisotopic (exact) mass is 365 g/mol. The number of rotatable bonds is 3. The molecule has 0 amide bonds. The fourth-order valence-electron chi connectivity index (χ4n) is 3.60. The smallest absolute Gasteiger partial charge is 0.194 e. The van der Waals surface area contributed by atoms with E-state index in [2.05, 4.69) is 43.3 Å². The SMILES string of the molecule is CN=C(NCc1cc2ccccc2[nH]1)N1CCN(c2ccccc2F)CC1. The van der Waals surface area contributed by atoms with Gasteiger partial charge < -0.3 is 20.1 Å². The molecule has 5 nitrogen and oxygen atoms in total. The molecule has 2 heterocycles. The van der Waals surface area contributed by atoms with Gasteiger partial charge in [-0.2, -0.15) is 0 Å². The van der Waals surface area contributed by atoms with Gasteiger partial charge in [0.25, 0.3) is 0 Å². The minimum atomic E-state index is -0.160. The van der Waals surface area contributed by atoms with Crippen molar-refractivity contribution in [2.24, 2.45) is 4.99 Å². The van der Waals surface area contributed by atoms with Crippen LogP contribution in [0.2, 0.25) is 0 Å². The van der Waals surface area contributed by atoms with E-state index in [4.69, 9.17) is 0 Å². The van der Waals surface area contributed by atoms with Gasteiger partial charge in [-0.05, 0) is 29.7 Å². The van der Waals surface area contributed by atoms with Crippen LogP contribution in [0.4, 0.5) is 10.1 Å². The third kappa shape index (κ3) is 3.74. The number of anilines is 1. The fourth-order valence-corrected chi connectivity index (χ4v) is 3.60. The van der Waals surface area contributed by atoms with Crippen molar-refractivity contribution in [1.82, 2.24) is 15.2 Å². The summed E-state index contributed by atoms with van der Waals surface area (Å²) in [5.41, 5.74) is 2.95. The summed E-state index contributed by atoms with van der Waals surface area (Å²) in [6, 6.07) is 17.4. The summed E-state index contributed by atoms with van der Waals surface area (Å²) in [6.07, 6.45) is 0. The summed E-state index contributed by atoms with van der Waals surface area (Å²) >= 11 is 0. The average Bonchev–Trinajstić information content (AvgIpc) is 3.12. The van der Waals surface area contributed by atoms with Gasteiger partial charge in [0.05, 0.1) is 12.2 Å². The Bertz CT molecular complexity index is 907. The van der Waals surface area contributed by atoms with E-state index < -0.39 is 0 Å². The first-order valence-electron chi connectivity index (χ1n) is 9.26. The van der Waals surface area contributed by atoms with Crippen molar-refractivity contribution in [2.75, 3.05) is 38.1 Å². The number of hydrogen-bond donors (Lipinski definition) is 2. The Morgan fingerprint density at radius 2 is 1.81 bits per heavy atom. The van der Waals surface area contributed by atoms with Gasteiger partial charge in [0.15, 0.2) is 5.96 Å². The third-order valence-electron chi connectivity index (χ3n) is 5.01. The second-order valence-electron chi connectivity index (χ2n) is 6.71. The van der Waals surface area contributed by atoms with Gasteiger partial charge in [-0.1, -0.05) is 30.3 Å². The van der Waals surface area contributed by atoms with Gasteiger partial charge in [0, 0.05) is 44.4 Å². The first-order valence-corrected chi connectivity index (χ1v) is 9.26. The Hall–Kier alpha value is -3.02. The number of hydrogen-bond acceptors (Lipinski definition) is 2. The van der Waals surface area contributed by atoms with E-state index in [9.17, 15) is 4.39 Å². The molecule has 4 rings (SSSR count). The van der Waals surface area contributed by atoms with Crippen LogP contribution in [0.3, 0.4) is 0 Å². The lowest BCUT2D eigenvalue weighted by molar-refractivity contribution is 0.370. The summed E-state index contributed by atoms with van der Waals surface area (Å²) < 4.78 is 14.0. The Labute approximate surface area is 158 Å². The molecular weight excluding hydrogens is 341 g/mol. The van der Waals surface area contributed by atoms with E-state index in [0.717, 1.165) is 43.3 Å². The van der Waals surface area contributed by atoms with Crippen molar-refractivity contribution in [2.45, 2.75) is 6.54 Å². The summed E-state index contributed by atoms with van der Waals surface area (Å²) in [4.78, 5) is 12.2. The van der Waals surface area contributed by atoms with Crippen LogP contribution in [0, 0.1) is 5.82 Å². The number of nitrogens with zero attached hydrogens (tertiary/aromatic N) is 3. The first kappa shape index (κ1) is 17.4. The van der Waals surface area contributed by atoms with E-state index in [1.165, 1.54) is 11.5 Å². The largest absolute Gasteiger partial charge is 0.366 e. The Morgan fingerprint density at radius 3 is 2.56 bits per heavy atom. The maximum atomic E-state index is 14.0. The Balaban J connectivity index is 1.36. The number of piperazine rings is 1. The molecule has 1 fully saturated rings. The molecule has 0 aliphatic carbocycles. The standard InChI is InChI=1S/C21H24FN5/c1-23-21(24-15-17-14-16-6-2-4-8-19(16)25-17)27-12-10-26(11-13-27)20-9-5-3-7-18(20)22/h2-9,14,25H,10-13,15H2,1H3,(H,23,24). The van der Waals surface area contributed by atoms with Gasteiger partial charge in [-0.25, -0.2) is 4.39 Å². The number of para-hydroxylation sites is 2. The van der Waals surface area contributed by atoms with Gasteiger partial charge in [-0.15, -0.1) is 0 Å². The summed E-state index contributed by atoms with van der Waals surface area (Å²) in [5, 5.41) is 4.65. The molecule has 2 N–H and O–H groups in total. The van der Waals surface area contributed by atoms with Gasteiger partial charge in [-0.3, -0.25) is 4.99 Å². The number of halogens is 1. The molecule has 1 aliphatic rings. The number of aromatic nitrogens is 1. The van der Waals surface area contributed by atoms with Crippen LogP contribution in [0.5, 0.6) is 0 Å². The van der Waals surface area contributed by atoms with Crippen molar-refractivity contribution in [3.05, 3.63) is 66.1 Å². The number of guanidine groups is 1. The van der Waals surface area contributed by atoms with Gasteiger partial charge in [0.1, 0.15) is 5.82 Å². The predicted molar refractivity (Wildman–Crippen MR) is 109 cm³/mol. The van der Waals surface area contributed by atoms with Gasteiger partial charge >= 0.3 is 0 Å². The Kier molecular flexibility index (Phi) is 4.96. The molecule has 0 unspecified atom stereocenters. The molecule has 27 heavy (non-hydrogen) atoms. The molecule has 6 heteroatoms. The Morgan fingerprint density at radius 1 is 1.07 bits per heavy atom. The normalized spacial score (nSPS) is 15.4. The van der Waals surface area contributed by atoms with Crippen LogP contribution >= 0.6 is 0 Å².